The summed E-state index contributed by atoms with van der Waals surface area (Å²) in [5, 5.41) is 2.68. The molecule has 0 spiro atoms. The molecule has 0 radical (unpaired) electrons. The van der Waals surface area contributed by atoms with Crippen LogP contribution in [-0.4, -0.2) is 65.6 Å². The second-order valence-corrected chi connectivity index (χ2v) is 8.97. The van der Waals surface area contributed by atoms with Gasteiger partial charge in [-0.3, -0.25) is 9.59 Å². The summed E-state index contributed by atoms with van der Waals surface area (Å²) in [6.45, 7) is 0.866. The van der Waals surface area contributed by atoms with Gasteiger partial charge in [-0.05, 0) is 23.3 Å². The number of benzene rings is 2. The van der Waals surface area contributed by atoms with E-state index in [0.717, 1.165) is 23.3 Å². The summed E-state index contributed by atoms with van der Waals surface area (Å²) < 4.78 is 39.0. The zero-order valence-electron chi connectivity index (χ0n) is 20.5. The van der Waals surface area contributed by atoms with Gasteiger partial charge in [-0.1, -0.05) is 30.3 Å². The number of rotatable bonds is 6. The molecular formula is C27H24F2N4O5. The lowest BCUT2D eigenvalue weighted by atomic mass is 10.0. The van der Waals surface area contributed by atoms with E-state index in [1.54, 1.807) is 24.3 Å². The fourth-order valence-electron chi connectivity index (χ4n) is 4.63. The molecule has 1 fully saturated rings. The van der Waals surface area contributed by atoms with Crippen molar-refractivity contribution >= 4 is 17.8 Å². The van der Waals surface area contributed by atoms with Gasteiger partial charge in [0.05, 0.1) is 55.8 Å². The Balaban J connectivity index is 1.37. The smallest absolute Gasteiger partial charge is 0.331 e. The molecule has 2 amide bonds. The minimum Gasteiger partial charge on any atom is -0.467 e. The van der Waals surface area contributed by atoms with Gasteiger partial charge in [-0.15, -0.1) is 0 Å². The van der Waals surface area contributed by atoms with E-state index in [2.05, 4.69) is 15.3 Å². The minimum absolute atomic E-state index is 0.0792. The van der Waals surface area contributed by atoms with Crippen LogP contribution in [0.2, 0.25) is 0 Å². The third-order valence-corrected chi connectivity index (χ3v) is 6.56. The van der Waals surface area contributed by atoms with Crippen LogP contribution in [-0.2, 0) is 38.4 Å². The third kappa shape index (κ3) is 4.97. The van der Waals surface area contributed by atoms with Crippen LogP contribution in [0.3, 0.4) is 0 Å². The van der Waals surface area contributed by atoms with E-state index in [1.165, 1.54) is 18.1 Å². The van der Waals surface area contributed by atoms with Crippen molar-refractivity contribution in [1.29, 1.82) is 0 Å². The van der Waals surface area contributed by atoms with E-state index in [1.807, 2.05) is 0 Å². The largest absolute Gasteiger partial charge is 0.467 e. The number of esters is 1. The number of nitrogens with one attached hydrogen (secondary N) is 1. The third-order valence-electron chi connectivity index (χ3n) is 6.56. The summed E-state index contributed by atoms with van der Waals surface area (Å²) >= 11 is 0. The van der Waals surface area contributed by atoms with Crippen molar-refractivity contribution in [3.8, 4) is 11.4 Å². The molecule has 38 heavy (non-hydrogen) atoms. The number of ether oxygens (including phenoxy) is 2. The van der Waals surface area contributed by atoms with Crippen LogP contribution in [0, 0.1) is 11.6 Å². The van der Waals surface area contributed by atoms with Crippen LogP contribution in [0.1, 0.15) is 32.9 Å². The highest BCUT2D eigenvalue weighted by molar-refractivity contribution is 5.99. The number of hydrogen-bond donors (Lipinski definition) is 1. The highest BCUT2D eigenvalue weighted by atomic mass is 19.1. The predicted octanol–water partition coefficient (Wildman–Crippen LogP) is 2.20. The maximum atomic E-state index is 14.4. The summed E-state index contributed by atoms with van der Waals surface area (Å²) in [5.41, 5.74) is 2.18. The van der Waals surface area contributed by atoms with Gasteiger partial charge in [-0.2, -0.15) is 0 Å². The zero-order chi connectivity index (χ0) is 26.8. The molecule has 1 saturated heterocycles. The Bertz CT molecular complexity index is 1390. The summed E-state index contributed by atoms with van der Waals surface area (Å²) in [7, 11) is 1.27. The van der Waals surface area contributed by atoms with E-state index in [9.17, 15) is 23.2 Å². The molecule has 3 heterocycles. The SMILES string of the molecule is COC(=O)C1COCCN1C(=O)Cc1ccc(Cc2nc(-c3c(F)cccc3F)nc3c2C(=O)NC3)cc1. The zero-order valence-corrected chi connectivity index (χ0v) is 20.5. The van der Waals surface area contributed by atoms with Crippen LogP contribution < -0.4 is 5.32 Å². The van der Waals surface area contributed by atoms with Gasteiger partial charge in [0.25, 0.3) is 5.91 Å². The molecule has 1 N–H and O–H groups in total. The lowest BCUT2D eigenvalue weighted by Crippen LogP contribution is -2.53. The lowest BCUT2D eigenvalue weighted by molar-refractivity contribution is -0.160. The maximum Gasteiger partial charge on any atom is 0.331 e. The molecule has 3 aromatic rings. The molecule has 5 rings (SSSR count). The number of carbonyl (C=O) groups is 3. The van der Waals surface area contributed by atoms with E-state index < -0.39 is 23.6 Å². The molecule has 0 saturated carbocycles. The molecule has 2 aromatic carbocycles. The predicted molar refractivity (Wildman–Crippen MR) is 130 cm³/mol. The number of fused-ring (bicyclic) bond motifs is 1. The first-order valence-electron chi connectivity index (χ1n) is 12.0. The highest BCUT2D eigenvalue weighted by Crippen LogP contribution is 2.28. The van der Waals surface area contributed by atoms with E-state index in [0.29, 0.717) is 30.1 Å². The molecule has 0 bridgehead atoms. The fraction of sp³-hybridized carbons (Fsp3) is 0.296. The molecule has 2 aliphatic rings. The number of aromatic nitrogens is 2. The van der Waals surface area contributed by atoms with Crippen molar-refractivity contribution < 1.29 is 32.6 Å². The number of amides is 2. The van der Waals surface area contributed by atoms with Gasteiger partial charge < -0.3 is 19.7 Å². The van der Waals surface area contributed by atoms with Gasteiger partial charge in [-0.25, -0.2) is 23.5 Å². The number of morpholine rings is 1. The first kappa shape index (κ1) is 25.4. The van der Waals surface area contributed by atoms with Gasteiger partial charge >= 0.3 is 5.97 Å². The van der Waals surface area contributed by atoms with Crippen LogP contribution in [0.25, 0.3) is 11.4 Å². The van der Waals surface area contributed by atoms with Gasteiger partial charge in [0.1, 0.15) is 11.6 Å². The highest BCUT2D eigenvalue weighted by Gasteiger charge is 2.33. The molecule has 0 aliphatic carbocycles. The van der Waals surface area contributed by atoms with Crippen molar-refractivity contribution in [3.63, 3.8) is 0 Å². The molecule has 2 aliphatic heterocycles. The number of hydrogen-bond acceptors (Lipinski definition) is 7. The summed E-state index contributed by atoms with van der Waals surface area (Å²) in [6, 6.07) is 9.88. The Morgan fingerprint density at radius 1 is 1.08 bits per heavy atom. The molecule has 196 valence electrons. The maximum absolute atomic E-state index is 14.4. The molecule has 11 heteroatoms. The second kappa shape index (κ2) is 10.6. The Hall–Kier alpha value is -4.25. The van der Waals surface area contributed by atoms with Crippen LogP contribution in [0.5, 0.6) is 0 Å². The topological polar surface area (TPSA) is 111 Å². The van der Waals surface area contributed by atoms with Gasteiger partial charge in [0.2, 0.25) is 5.91 Å². The van der Waals surface area contributed by atoms with E-state index in [-0.39, 0.29) is 49.2 Å². The Labute approximate surface area is 216 Å². The Morgan fingerprint density at radius 2 is 1.79 bits per heavy atom. The van der Waals surface area contributed by atoms with Crippen LogP contribution in [0.15, 0.2) is 42.5 Å². The second-order valence-electron chi connectivity index (χ2n) is 8.97. The van der Waals surface area contributed by atoms with Gasteiger partial charge in [0, 0.05) is 13.0 Å². The first-order chi connectivity index (χ1) is 18.4. The van der Waals surface area contributed by atoms with Crippen molar-refractivity contribution in [3.05, 3.63) is 82.2 Å². The molecule has 9 nitrogen and oxygen atoms in total. The molecule has 1 unspecified atom stereocenters. The molecule has 1 atom stereocenters. The summed E-state index contributed by atoms with van der Waals surface area (Å²) in [4.78, 5) is 47.5. The van der Waals surface area contributed by atoms with Crippen molar-refractivity contribution in [1.82, 2.24) is 20.2 Å². The molecular weight excluding hydrogens is 498 g/mol. The number of nitrogens with zero attached hydrogens (tertiary/aromatic N) is 3. The fourth-order valence-corrected chi connectivity index (χ4v) is 4.63. The Kier molecular flexibility index (Phi) is 7.10. The van der Waals surface area contributed by atoms with Crippen LogP contribution >= 0.6 is 0 Å². The molecule has 1 aromatic heterocycles. The average Bonchev–Trinajstić information content (AvgIpc) is 3.30. The number of halogens is 2. The minimum atomic E-state index is -0.795. The quantitative estimate of drug-likeness (QED) is 0.494. The summed E-state index contributed by atoms with van der Waals surface area (Å²) in [5.74, 6) is -2.81. The Morgan fingerprint density at radius 3 is 2.50 bits per heavy atom. The van der Waals surface area contributed by atoms with Gasteiger partial charge in [0.15, 0.2) is 11.9 Å². The standard InChI is InChI=1S/C27H24F2N4O5/c1-37-27(36)21-14-38-10-9-33(21)22(34)12-16-7-5-15(6-8-16)11-19-24-20(13-30-26(24)35)32-25(31-19)23-17(28)3-2-4-18(23)29/h2-8,21H,9-14H2,1H3,(H,30,35). The van der Waals surface area contributed by atoms with E-state index in [4.69, 9.17) is 9.47 Å². The average molecular weight is 523 g/mol. The normalized spacial score (nSPS) is 16.7. The number of carbonyl (C=O) groups excluding carboxylic acids is 3. The van der Waals surface area contributed by atoms with E-state index >= 15 is 0 Å². The first-order valence-corrected chi connectivity index (χ1v) is 12.0. The number of methoxy groups -OCH3 is 1. The summed E-state index contributed by atoms with van der Waals surface area (Å²) in [6.07, 6.45) is 0.291. The lowest BCUT2D eigenvalue weighted by Gasteiger charge is -2.33. The van der Waals surface area contributed by atoms with Crippen molar-refractivity contribution in [2.45, 2.75) is 25.4 Å². The van der Waals surface area contributed by atoms with Crippen molar-refractivity contribution in [2.24, 2.45) is 0 Å². The monoisotopic (exact) mass is 522 g/mol. The van der Waals surface area contributed by atoms with Crippen LogP contribution in [0.4, 0.5) is 8.78 Å². The van der Waals surface area contributed by atoms with Crippen molar-refractivity contribution in [2.75, 3.05) is 26.9 Å².